The molecular weight excluding hydrogens is 258 g/mol. The lowest BCUT2D eigenvalue weighted by Gasteiger charge is -2.22. The minimum atomic E-state index is -3.43. The van der Waals surface area contributed by atoms with Gasteiger partial charge in [-0.25, -0.2) is 4.79 Å². The van der Waals surface area contributed by atoms with Gasteiger partial charge in [-0.2, -0.15) is 8.42 Å². The smallest absolute Gasteiger partial charge is 0.407 e. The summed E-state index contributed by atoms with van der Waals surface area (Å²) in [5.74, 6) is 0. The third kappa shape index (κ3) is 10.3. The van der Waals surface area contributed by atoms with E-state index in [2.05, 4.69) is 9.50 Å². The van der Waals surface area contributed by atoms with Gasteiger partial charge in [0.2, 0.25) is 0 Å². The Morgan fingerprint density at radius 3 is 2.28 bits per heavy atom. The Hall–Kier alpha value is -0.820. The minimum absolute atomic E-state index is 0.0487. The largest absolute Gasteiger partial charge is 0.444 e. The molecule has 108 valence electrons. The lowest BCUT2D eigenvalue weighted by molar-refractivity contribution is 0.0497. The van der Waals surface area contributed by atoms with E-state index in [0.717, 1.165) is 6.26 Å². The summed E-state index contributed by atoms with van der Waals surface area (Å²) in [5, 5.41) is 2.67. The fourth-order valence-corrected chi connectivity index (χ4v) is 1.59. The highest BCUT2D eigenvalue weighted by Crippen LogP contribution is 2.08. The van der Waals surface area contributed by atoms with E-state index in [9.17, 15) is 13.2 Å². The summed E-state index contributed by atoms with van der Waals surface area (Å²) >= 11 is 0. The number of ether oxygens (including phenoxy) is 1. The van der Waals surface area contributed by atoms with E-state index in [-0.39, 0.29) is 12.6 Å². The van der Waals surface area contributed by atoms with Crippen molar-refractivity contribution in [3.63, 3.8) is 0 Å². The van der Waals surface area contributed by atoms with Crippen LogP contribution in [0.15, 0.2) is 0 Å². The van der Waals surface area contributed by atoms with E-state index in [1.54, 1.807) is 20.8 Å². The zero-order valence-electron chi connectivity index (χ0n) is 11.6. The van der Waals surface area contributed by atoms with E-state index in [0.29, 0.717) is 12.8 Å². The van der Waals surface area contributed by atoms with Gasteiger partial charge in [0, 0.05) is 6.04 Å². The first-order valence-electron chi connectivity index (χ1n) is 5.87. The molecule has 0 fully saturated rings. The van der Waals surface area contributed by atoms with Gasteiger partial charge in [0.05, 0.1) is 12.9 Å². The zero-order chi connectivity index (χ0) is 14.4. The highest BCUT2D eigenvalue weighted by Gasteiger charge is 2.18. The van der Waals surface area contributed by atoms with Crippen molar-refractivity contribution in [3.05, 3.63) is 0 Å². The number of carbonyl (C=O) groups is 1. The fraction of sp³-hybridized carbons (Fsp3) is 0.909. The number of hydrogen-bond donors (Lipinski definition) is 1. The average Bonchev–Trinajstić information content (AvgIpc) is 2.11. The first kappa shape index (κ1) is 17.2. The highest BCUT2D eigenvalue weighted by atomic mass is 32.2. The standard InChI is InChI=1S/C11H23NO5S/c1-6-9(7-8-16-18(5,14)15)12-10(13)17-11(2,3)4/h9H,6-8H2,1-5H3,(H,12,13)/t9-/m1/s1. The van der Waals surface area contributed by atoms with E-state index in [4.69, 9.17) is 4.74 Å². The van der Waals surface area contributed by atoms with Crippen molar-refractivity contribution in [2.24, 2.45) is 0 Å². The summed E-state index contributed by atoms with van der Waals surface area (Å²) in [6, 6.07) is -0.165. The number of nitrogens with one attached hydrogen (secondary N) is 1. The SMILES string of the molecule is CC[C@H](CCOS(C)(=O)=O)NC(=O)OC(C)(C)C. The van der Waals surface area contributed by atoms with Crippen molar-refractivity contribution in [1.29, 1.82) is 0 Å². The predicted molar refractivity (Wildman–Crippen MR) is 68.9 cm³/mol. The van der Waals surface area contributed by atoms with Gasteiger partial charge < -0.3 is 10.1 Å². The highest BCUT2D eigenvalue weighted by molar-refractivity contribution is 7.85. The second kappa shape index (κ2) is 6.94. The molecule has 0 aromatic carbocycles. The third-order valence-electron chi connectivity index (χ3n) is 1.98. The van der Waals surface area contributed by atoms with Crippen molar-refractivity contribution in [3.8, 4) is 0 Å². The van der Waals surface area contributed by atoms with Gasteiger partial charge in [-0.1, -0.05) is 6.92 Å². The van der Waals surface area contributed by atoms with Crippen molar-refractivity contribution in [1.82, 2.24) is 5.32 Å². The van der Waals surface area contributed by atoms with Gasteiger partial charge in [0.1, 0.15) is 5.60 Å². The van der Waals surface area contributed by atoms with Crippen LogP contribution in [0.4, 0.5) is 4.79 Å². The van der Waals surface area contributed by atoms with Gasteiger partial charge >= 0.3 is 6.09 Å². The second-order valence-electron chi connectivity index (χ2n) is 5.07. The van der Waals surface area contributed by atoms with Gasteiger partial charge in [-0.05, 0) is 33.6 Å². The average molecular weight is 281 g/mol. The van der Waals surface area contributed by atoms with Crippen LogP contribution in [0.2, 0.25) is 0 Å². The predicted octanol–water partition coefficient (Wildman–Crippen LogP) is 1.66. The van der Waals surface area contributed by atoms with Gasteiger partial charge in [-0.3, -0.25) is 4.18 Å². The lowest BCUT2D eigenvalue weighted by Crippen LogP contribution is -2.39. The van der Waals surface area contributed by atoms with Crippen LogP contribution in [-0.4, -0.2) is 39.0 Å². The summed E-state index contributed by atoms with van der Waals surface area (Å²) in [4.78, 5) is 11.5. The molecule has 0 spiro atoms. The summed E-state index contributed by atoms with van der Waals surface area (Å²) in [6.07, 6.45) is 1.58. The number of hydrogen-bond acceptors (Lipinski definition) is 5. The number of carbonyl (C=O) groups excluding carboxylic acids is 1. The van der Waals surface area contributed by atoms with Crippen molar-refractivity contribution < 1.29 is 22.1 Å². The lowest BCUT2D eigenvalue weighted by atomic mass is 10.1. The molecule has 0 unspecified atom stereocenters. The molecule has 0 saturated heterocycles. The van der Waals surface area contributed by atoms with Gasteiger partial charge in [0.25, 0.3) is 10.1 Å². The topological polar surface area (TPSA) is 81.7 Å². The van der Waals surface area contributed by atoms with Crippen molar-refractivity contribution in [2.45, 2.75) is 52.2 Å². The Kier molecular flexibility index (Phi) is 6.62. The molecule has 0 heterocycles. The van der Waals surface area contributed by atoms with Crippen LogP contribution in [0.5, 0.6) is 0 Å². The van der Waals surface area contributed by atoms with Crippen LogP contribution in [-0.2, 0) is 19.0 Å². The summed E-state index contributed by atoms with van der Waals surface area (Å²) in [5.41, 5.74) is -0.550. The minimum Gasteiger partial charge on any atom is -0.444 e. The van der Waals surface area contributed by atoms with Crippen LogP contribution in [0.25, 0.3) is 0 Å². The van der Waals surface area contributed by atoms with E-state index < -0.39 is 21.8 Å². The molecule has 7 heteroatoms. The van der Waals surface area contributed by atoms with Crippen LogP contribution in [0.3, 0.4) is 0 Å². The molecule has 0 aromatic heterocycles. The first-order valence-corrected chi connectivity index (χ1v) is 7.69. The summed E-state index contributed by atoms with van der Waals surface area (Å²) in [7, 11) is -3.43. The van der Waals surface area contributed by atoms with Gasteiger partial charge in [0.15, 0.2) is 0 Å². The Bertz CT molecular complexity index is 358. The molecule has 0 rings (SSSR count). The third-order valence-corrected chi connectivity index (χ3v) is 2.57. The molecule has 6 nitrogen and oxygen atoms in total. The molecule has 1 N–H and O–H groups in total. The molecule has 0 aliphatic carbocycles. The van der Waals surface area contributed by atoms with Crippen LogP contribution in [0, 0.1) is 0 Å². The molecule has 18 heavy (non-hydrogen) atoms. The first-order chi connectivity index (χ1) is 8.03. The number of rotatable bonds is 6. The monoisotopic (exact) mass is 281 g/mol. The quantitative estimate of drug-likeness (QED) is 0.749. The molecule has 0 aromatic rings. The maximum Gasteiger partial charge on any atom is 0.407 e. The van der Waals surface area contributed by atoms with Gasteiger partial charge in [-0.15, -0.1) is 0 Å². The molecular formula is C11H23NO5S. The number of alkyl carbamates (subject to hydrolysis) is 1. The Morgan fingerprint density at radius 2 is 1.89 bits per heavy atom. The molecule has 1 atom stereocenters. The van der Waals surface area contributed by atoms with E-state index in [1.807, 2.05) is 6.92 Å². The van der Waals surface area contributed by atoms with Crippen LogP contribution >= 0.6 is 0 Å². The van der Waals surface area contributed by atoms with Crippen LogP contribution < -0.4 is 5.32 Å². The molecule has 0 bridgehead atoms. The van der Waals surface area contributed by atoms with Crippen LogP contribution in [0.1, 0.15) is 40.5 Å². The molecule has 0 aliphatic heterocycles. The number of amides is 1. The molecule has 1 amide bonds. The van der Waals surface area contributed by atoms with E-state index >= 15 is 0 Å². The Balaban J connectivity index is 4.08. The molecule has 0 radical (unpaired) electrons. The normalized spacial score (nSPS) is 14.1. The fourth-order valence-electron chi connectivity index (χ4n) is 1.19. The second-order valence-corrected chi connectivity index (χ2v) is 6.71. The summed E-state index contributed by atoms with van der Waals surface area (Å²) in [6.45, 7) is 7.27. The van der Waals surface area contributed by atoms with Crippen molar-refractivity contribution in [2.75, 3.05) is 12.9 Å². The maximum absolute atomic E-state index is 11.5. The maximum atomic E-state index is 11.5. The summed E-state index contributed by atoms with van der Waals surface area (Å²) < 4.78 is 31.3. The van der Waals surface area contributed by atoms with Crippen molar-refractivity contribution >= 4 is 16.2 Å². The Morgan fingerprint density at radius 1 is 1.33 bits per heavy atom. The zero-order valence-corrected chi connectivity index (χ0v) is 12.5. The molecule has 0 aliphatic rings. The Labute approximate surface area is 109 Å². The van der Waals surface area contributed by atoms with E-state index in [1.165, 1.54) is 0 Å². The molecule has 0 saturated carbocycles.